The van der Waals surface area contributed by atoms with Crippen LogP contribution in [-0.2, 0) is 0 Å². The van der Waals surface area contributed by atoms with Crippen molar-refractivity contribution in [3.63, 3.8) is 0 Å². The Hall–Kier alpha value is -2.24. The van der Waals surface area contributed by atoms with Crippen LogP contribution in [0.2, 0.25) is 0 Å². The molecule has 0 N–H and O–H groups in total. The topological polar surface area (TPSA) is 0 Å². The number of allylic oxidation sites excluding steroid dienone is 2. The summed E-state index contributed by atoms with van der Waals surface area (Å²) in [5, 5.41) is 0. The van der Waals surface area contributed by atoms with Gasteiger partial charge in [-0.3, -0.25) is 0 Å². The minimum Gasteiger partial charge on any atom is -0.194 e. The molecule has 2 aromatic carbocycles. The standard InChI is InChI=1S/C23H22F6/c1-11-7-13(3)17(14(4)8-11)19-20(18-15(5)9-12(2)10-16(18)6)22(26,27)23(28,29)21(19,24)25/h7-10H,1-6H3. The van der Waals surface area contributed by atoms with Crippen molar-refractivity contribution in [1.29, 1.82) is 0 Å². The van der Waals surface area contributed by atoms with Crippen LogP contribution in [0, 0.1) is 41.5 Å². The van der Waals surface area contributed by atoms with Gasteiger partial charge in [0.15, 0.2) is 0 Å². The Morgan fingerprint density at radius 3 is 0.966 bits per heavy atom. The second-order valence-electron chi connectivity index (χ2n) is 8.02. The van der Waals surface area contributed by atoms with Gasteiger partial charge in [-0.2, -0.15) is 26.3 Å². The van der Waals surface area contributed by atoms with Gasteiger partial charge < -0.3 is 0 Å². The van der Waals surface area contributed by atoms with Crippen LogP contribution >= 0.6 is 0 Å². The highest BCUT2D eigenvalue weighted by Gasteiger charge is 2.80. The molecular weight excluding hydrogens is 390 g/mol. The van der Waals surface area contributed by atoms with E-state index in [2.05, 4.69) is 0 Å². The Morgan fingerprint density at radius 2 is 0.724 bits per heavy atom. The van der Waals surface area contributed by atoms with E-state index in [0.717, 1.165) is 11.1 Å². The van der Waals surface area contributed by atoms with Gasteiger partial charge >= 0.3 is 17.8 Å². The molecular formula is C23H22F6. The van der Waals surface area contributed by atoms with E-state index in [-0.39, 0.29) is 33.4 Å². The van der Waals surface area contributed by atoms with Crippen LogP contribution in [0.1, 0.15) is 44.5 Å². The Morgan fingerprint density at radius 1 is 0.483 bits per heavy atom. The van der Waals surface area contributed by atoms with Gasteiger partial charge in [0.05, 0.1) is 0 Å². The summed E-state index contributed by atoms with van der Waals surface area (Å²) in [4.78, 5) is 0. The van der Waals surface area contributed by atoms with Crippen LogP contribution in [0.25, 0.3) is 11.1 Å². The summed E-state index contributed by atoms with van der Waals surface area (Å²) < 4.78 is 89.1. The fourth-order valence-corrected chi connectivity index (χ4v) is 4.54. The third-order valence-electron chi connectivity index (χ3n) is 5.52. The summed E-state index contributed by atoms with van der Waals surface area (Å²) in [7, 11) is 0. The van der Waals surface area contributed by atoms with E-state index >= 15 is 17.6 Å². The molecule has 0 aromatic heterocycles. The van der Waals surface area contributed by atoms with Crippen molar-refractivity contribution in [2.45, 2.75) is 59.3 Å². The van der Waals surface area contributed by atoms with Gasteiger partial charge in [-0.15, -0.1) is 0 Å². The molecule has 0 amide bonds. The van der Waals surface area contributed by atoms with E-state index < -0.39 is 28.9 Å². The molecule has 6 heteroatoms. The van der Waals surface area contributed by atoms with Crippen molar-refractivity contribution in [3.05, 3.63) is 68.8 Å². The lowest BCUT2D eigenvalue weighted by molar-refractivity contribution is -0.254. The second-order valence-corrected chi connectivity index (χ2v) is 8.02. The van der Waals surface area contributed by atoms with Gasteiger partial charge in [0, 0.05) is 11.1 Å². The summed E-state index contributed by atoms with van der Waals surface area (Å²) in [6.07, 6.45) is 0. The molecule has 29 heavy (non-hydrogen) atoms. The molecule has 0 spiro atoms. The van der Waals surface area contributed by atoms with Crippen molar-refractivity contribution in [2.24, 2.45) is 0 Å². The monoisotopic (exact) mass is 412 g/mol. The molecule has 0 saturated heterocycles. The van der Waals surface area contributed by atoms with E-state index in [4.69, 9.17) is 0 Å². The van der Waals surface area contributed by atoms with Crippen LogP contribution in [0.3, 0.4) is 0 Å². The van der Waals surface area contributed by atoms with Gasteiger partial charge in [0.25, 0.3) is 0 Å². The third kappa shape index (κ3) is 2.82. The molecule has 1 aliphatic carbocycles. The average molecular weight is 412 g/mol. The molecule has 1 aliphatic rings. The minimum atomic E-state index is -5.54. The molecule has 0 saturated carbocycles. The molecule has 0 nitrogen and oxygen atoms in total. The van der Waals surface area contributed by atoms with Crippen LogP contribution < -0.4 is 0 Å². The van der Waals surface area contributed by atoms with Gasteiger partial charge in [-0.1, -0.05) is 35.4 Å². The highest BCUT2D eigenvalue weighted by atomic mass is 19.3. The summed E-state index contributed by atoms with van der Waals surface area (Å²) in [5.74, 6) is -15.6. The zero-order chi connectivity index (χ0) is 22.1. The SMILES string of the molecule is Cc1cc(C)c(C2=C(c3c(C)cc(C)cc3C)C(F)(F)C(F)(F)C2(F)F)c(C)c1. The highest BCUT2D eigenvalue weighted by molar-refractivity contribution is 6.03. The van der Waals surface area contributed by atoms with E-state index in [0.29, 0.717) is 0 Å². The molecule has 0 atom stereocenters. The predicted molar refractivity (Wildman–Crippen MR) is 103 cm³/mol. The number of aryl methyl sites for hydroxylation is 6. The number of alkyl halides is 6. The maximum atomic E-state index is 15.0. The van der Waals surface area contributed by atoms with E-state index in [9.17, 15) is 8.78 Å². The first-order valence-electron chi connectivity index (χ1n) is 9.19. The number of halogens is 6. The van der Waals surface area contributed by atoms with Crippen molar-refractivity contribution in [1.82, 2.24) is 0 Å². The number of hydrogen-bond donors (Lipinski definition) is 0. The number of rotatable bonds is 2. The maximum absolute atomic E-state index is 15.0. The average Bonchev–Trinajstić information content (AvgIpc) is 2.62. The third-order valence-corrected chi connectivity index (χ3v) is 5.52. The second kappa shape index (κ2) is 6.38. The smallest absolute Gasteiger partial charge is 0.194 e. The fraction of sp³-hybridized carbons (Fsp3) is 0.391. The van der Waals surface area contributed by atoms with Gasteiger partial charge in [-0.05, 0) is 74.9 Å². The predicted octanol–water partition coefficient (Wildman–Crippen LogP) is 7.37. The summed E-state index contributed by atoms with van der Waals surface area (Å²) in [6.45, 7) is 9.34. The first-order valence-corrected chi connectivity index (χ1v) is 9.19. The van der Waals surface area contributed by atoms with Gasteiger partial charge in [0.1, 0.15) is 0 Å². The number of hydrogen-bond acceptors (Lipinski definition) is 0. The lowest BCUT2D eigenvalue weighted by Gasteiger charge is -2.26. The number of benzene rings is 2. The van der Waals surface area contributed by atoms with Crippen LogP contribution in [0.5, 0.6) is 0 Å². The quantitative estimate of drug-likeness (QED) is 0.452. The first-order chi connectivity index (χ1) is 13.1. The minimum absolute atomic E-state index is 0.244. The van der Waals surface area contributed by atoms with Gasteiger partial charge in [-0.25, -0.2) is 0 Å². The van der Waals surface area contributed by atoms with E-state index in [1.54, 1.807) is 13.8 Å². The van der Waals surface area contributed by atoms with Crippen LogP contribution in [0.4, 0.5) is 26.3 Å². The van der Waals surface area contributed by atoms with Crippen molar-refractivity contribution in [2.75, 3.05) is 0 Å². The normalized spacial score (nSPS) is 19.7. The molecule has 0 heterocycles. The summed E-state index contributed by atoms with van der Waals surface area (Å²) in [6, 6.07) is 6.14. The Labute approximate surface area is 166 Å². The van der Waals surface area contributed by atoms with Gasteiger partial charge in [0.2, 0.25) is 0 Å². The van der Waals surface area contributed by atoms with Crippen molar-refractivity contribution in [3.8, 4) is 0 Å². The van der Waals surface area contributed by atoms with E-state index in [1.165, 1.54) is 52.0 Å². The molecule has 0 fully saturated rings. The Bertz CT molecular complexity index is 916. The Kier molecular flexibility index (Phi) is 4.72. The highest BCUT2D eigenvalue weighted by Crippen LogP contribution is 2.65. The lowest BCUT2D eigenvalue weighted by atomic mass is 9.85. The van der Waals surface area contributed by atoms with Crippen LogP contribution in [0.15, 0.2) is 24.3 Å². The molecule has 156 valence electrons. The molecule has 0 aliphatic heterocycles. The summed E-state index contributed by atoms with van der Waals surface area (Å²) in [5.41, 5.74) is -0.567. The zero-order valence-electron chi connectivity index (χ0n) is 17.1. The lowest BCUT2D eigenvalue weighted by Crippen LogP contribution is -2.49. The summed E-state index contributed by atoms with van der Waals surface area (Å²) >= 11 is 0. The van der Waals surface area contributed by atoms with E-state index in [1.807, 2.05) is 0 Å². The molecule has 0 bridgehead atoms. The largest absolute Gasteiger partial charge is 0.380 e. The first kappa shape index (κ1) is 21.5. The molecule has 0 unspecified atom stereocenters. The fourth-order valence-electron chi connectivity index (χ4n) is 4.54. The Balaban J connectivity index is 2.57. The van der Waals surface area contributed by atoms with Crippen molar-refractivity contribution >= 4 is 11.1 Å². The van der Waals surface area contributed by atoms with Crippen LogP contribution in [-0.4, -0.2) is 17.8 Å². The molecule has 0 radical (unpaired) electrons. The zero-order valence-corrected chi connectivity index (χ0v) is 17.1. The molecule has 3 rings (SSSR count). The molecule has 2 aromatic rings. The maximum Gasteiger partial charge on any atom is 0.380 e. The van der Waals surface area contributed by atoms with Crippen molar-refractivity contribution < 1.29 is 26.3 Å².